The van der Waals surface area contributed by atoms with E-state index in [1.807, 2.05) is 0 Å². The molecule has 0 bridgehead atoms. The second kappa shape index (κ2) is 5.21. The second-order valence-corrected chi connectivity index (χ2v) is 3.72. The lowest BCUT2D eigenvalue weighted by Crippen LogP contribution is -2.16. The molecule has 1 aromatic carbocycles. The molecule has 0 aliphatic heterocycles. The van der Waals surface area contributed by atoms with Crippen molar-refractivity contribution in [2.45, 2.75) is 19.2 Å². The highest BCUT2D eigenvalue weighted by molar-refractivity contribution is 5.63. The van der Waals surface area contributed by atoms with E-state index in [0.717, 1.165) is 12.1 Å². The van der Waals surface area contributed by atoms with Crippen molar-refractivity contribution in [1.29, 1.82) is 0 Å². The van der Waals surface area contributed by atoms with Gasteiger partial charge in [-0.3, -0.25) is 10.1 Å². The number of nitro benzene ring substituents is 1. The van der Waals surface area contributed by atoms with Crippen LogP contribution in [0.1, 0.15) is 12.5 Å². The molecule has 8 heteroatoms. The van der Waals surface area contributed by atoms with E-state index in [2.05, 4.69) is 5.32 Å². The lowest BCUT2D eigenvalue weighted by atomic mass is 10.1. The Hall–Kier alpha value is -1.83. The number of nitrogens with zero attached hydrogens (tertiary/aromatic N) is 1. The highest BCUT2D eigenvalue weighted by Gasteiger charge is 2.32. The van der Waals surface area contributed by atoms with Crippen LogP contribution in [-0.4, -0.2) is 22.7 Å². The minimum Gasteiger partial charge on any atom is -0.392 e. The van der Waals surface area contributed by atoms with Crippen LogP contribution in [0.2, 0.25) is 0 Å². The van der Waals surface area contributed by atoms with Crippen molar-refractivity contribution in [3.8, 4) is 0 Å². The number of hydrogen-bond donors (Lipinski definition) is 2. The van der Waals surface area contributed by atoms with Crippen molar-refractivity contribution in [3.63, 3.8) is 0 Å². The van der Waals surface area contributed by atoms with E-state index < -0.39 is 28.5 Å². The Morgan fingerprint density at radius 1 is 1.50 bits per heavy atom. The van der Waals surface area contributed by atoms with Gasteiger partial charge in [-0.15, -0.1) is 0 Å². The highest BCUT2D eigenvalue weighted by Crippen LogP contribution is 2.34. The molecule has 5 nitrogen and oxygen atoms in total. The summed E-state index contributed by atoms with van der Waals surface area (Å²) in [4.78, 5) is 9.78. The van der Waals surface area contributed by atoms with Gasteiger partial charge in [0.1, 0.15) is 5.69 Å². The summed E-state index contributed by atoms with van der Waals surface area (Å²) >= 11 is 0. The topological polar surface area (TPSA) is 75.4 Å². The van der Waals surface area contributed by atoms with Gasteiger partial charge in [-0.05, 0) is 19.1 Å². The number of anilines is 1. The first-order valence-electron chi connectivity index (χ1n) is 4.99. The molecule has 0 amide bonds. The standard InChI is InChI=1S/C10H11F3N2O3/c1-6(16)5-14-8-3-2-7(10(11,12)13)4-9(8)15(17)18/h2-4,6,14,16H,5H2,1H3. The summed E-state index contributed by atoms with van der Waals surface area (Å²) in [5, 5.41) is 22.2. The van der Waals surface area contributed by atoms with Gasteiger partial charge in [0.25, 0.3) is 5.69 Å². The van der Waals surface area contributed by atoms with Crippen molar-refractivity contribution in [3.05, 3.63) is 33.9 Å². The Morgan fingerprint density at radius 3 is 2.56 bits per heavy atom. The summed E-state index contributed by atoms with van der Waals surface area (Å²) in [7, 11) is 0. The highest BCUT2D eigenvalue weighted by atomic mass is 19.4. The van der Waals surface area contributed by atoms with E-state index >= 15 is 0 Å². The average molecular weight is 264 g/mol. The fraction of sp³-hybridized carbons (Fsp3) is 0.400. The fourth-order valence-electron chi connectivity index (χ4n) is 1.27. The van der Waals surface area contributed by atoms with Gasteiger partial charge in [0.2, 0.25) is 0 Å². The van der Waals surface area contributed by atoms with Crippen LogP contribution >= 0.6 is 0 Å². The second-order valence-electron chi connectivity index (χ2n) is 3.72. The van der Waals surface area contributed by atoms with E-state index in [-0.39, 0.29) is 12.2 Å². The summed E-state index contributed by atoms with van der Waals surface area (Å²) in [6, 6.07) is 2.19. The predicted molar refractivity (Wildman–Crippen MR) is 58.3 cm³/mol. The fourth-order valence-corrected chi connectivity index (χ4v) is 1.27. The van der Waals surface area contributed by atoms with Crippen LogP contribution in [0.15, 0.2) is 18.2 Å². The molecule has 0 saturated carbocycles. The Morgan fingerprint density at radius 2 is 2.11 bits per heavy atom. The molecule has 100 valence electrons. The first-order valence-corrected chi connectivity index (χ1v) is 4.99. The quantitative estimate of drug-likeness (QED) is 0.646. The molecule has 1 aromatic rings. The van der Waals surface area contributed by atoms with Crippen LogP contribution in [0.25, 0.3) is 0 Å². The molecule has 18 heavy (non-hydrogen) atoms. The summed E-state index contributed by atoms with van der Waals surface area (Å²) < 4.78 is 37.2. The number of aliphatic hydroxyl groups excluding tert-OH is 1. The summed E-state index contributed by atoms with van der Waals surface area (Å²) in [5.74, 6) is 0. The van der Waals surface area contributed by atoms with Gasteiger partial charge in [0.05, 0.1) is 16.6 Å². The zero-order valence-corrected chi connectivity index (χ0v) is 9.36. The molecule has 0 saturated heterocycles. The van der Waals surface area contributed by atoms with E-state index in [4.69, 9.17) is 5.11 Å². The maximum atomic E-state index is 12.4. The van der Waals surface area contributed by atoms with Crippen molar-refractivity contribution < 1.29 is 23.2 Å². The van der Waals surface area contributed by atoms with Gasteiger partial charge in [0, 0.05) is 12.6 Å². The summed E-state index contributed by atoms with van der Waals surface area (Å²) in [5.41, 5.74) is -1.82. The normalized spacial score (nSPS) is 13.2. The van der Waals surface area contributed by atoms with E-state index in [0.29, 0.717) is 6.07 Å². The molecule has 0 aliphatic carbocycles. The number of benzene rings is 1. The number of aliphatic hydroxyl groups is 1. The van der Waals surface area contributed by atoms with Crippen molar-refractivity contribution in [2.75, 3.05) is 11.9 Å². The third-order valence-corrected chi connectivity index (χ3v) is 2.11. The molecule has 1 atom stereocenters. The molecule has 0 aliphatic rings. The molecule has 1 unspecified atom stereocenters. The van der Waals surface area contributed by atoms with Gasteiger partial charge in [-0.25, -0.2) is 0 Å². The van der Waals surface area contributed by atoms with Crippen LogP contribution in [-0.2, 0) is 6.18 Å². The third-order valence-electron chi connectivity index (χ3n) is 2.11. The first kappa shape index (κ1) is 14.2. The van der Waals surface area contributed by atoms with Crippen LogP contribution in [0, 0.1) is 10.1 Å². The van der Waals surface area contributed by atoms with Crippen molar-refractivity contribution in [1.82, 2.24) is 0 Å². The Balaban J connectivity index is 3.09. The molecule has 0 radical (unpaired) electrons. The average Bonchev–Trinajstić information content (AvgIpc) is 2.24. The molecule has 2 N–H and O–H groups in total. The van der Waals surface area contributed by atoms with E-state index in [9.17, 15) is 23.3 Å². The molecule has 0 aromatic heterocycles. The SMILES string of the molecule is CC(O)CNc1ccc(C(F)(F)F)cc1[N+](=O)[O-]. The van der Waals surface area contributed by atoms with E-state index in [1.54, 1.807) is 0 Å². The molecule has 1 rings (SSSR count). The number of hydrogen-bond acceptors (Lipinski definition) is 4. The number of nitro groups is 1. The Kier molecular flexibility index (Phi) is 4.12. The van der Waals surface area contributed by atoms with Crippen LogP contribution < -0.4 is 5.32 Å². The third kappa shape index (κ3) is 3.59. The minimum atomic E-state index is -4.63. The smallest absolute Gasteiger partial charge is 0.392 e. The van der Waals surface area contributed by atoms with Gasteiger partial charge < -0.3 is 10.4 Å². The summed E-state index contributed by atoms with van der Waals surface area (Å²) in [6.07, 6.45) is -5.40. The minimum absolute atomic E-state index is 0.00616. The van der Waals surface area contributed by atoms with Crippen molar-refractivity contribution >= 4 is 11.4 Å². The zero-order chi connectivity index (χ0) is 13.9. The predicted octanol–water partition coefficient (Wildman–Crippen LogP) is 2.41. The number of rotatable bonds is 4. The Labute approximate surface area is 100 Å². The monoisotopic (exact) mass is 264 g/mol. The number of halogens is 3. The molecular weight excluding hydrogens is 253 g/mol. The van der Waals surface area contributed by atoms with Crippen LogP contribution in [0.3, 0.4) is 0 Å². The molecule has 0 heterocycles. The lowest BCUT2D eigenvalue weighted by Gasteiger charge is -2.11. The van der Waals surface area contributed by atoms with Crippen molar-refractivity contribution in [2.24, 2.45) is 0 Å². The van der Waals surface area contributed by atoms with Crippen LogP contribution in [0.5, 0.6) is 0 Å². The molecule has 0 fully saturated rings. The molecule has 0 spiro atoms. The Bertz CT molecular complexity index is 446. The van der Waals surface area contributed by atoms with Gasteiger partial charge in [-0.2, -0.15) is 13.2 Å². The maximum absolute atomic E-state index is 12.4. The van der Waals surface area contributed by atoms with Gasteiger partial charge in [0.15, 0.2) is 0 Å². The zero-order valence-electron chi connectivity index (χ0n) is 9.36. The largest absolute Gasteiger partial charge is 0.416 e. The first-order chi connectivity index (χ1) is 8.21. The van der Waals surface area contributed by atoms with Gasteiger partial charge in [-0.1, -0.05) is 0 Å². The lowest BCUT2D eigenvalue weighted by molar-refractivity contribution is -0.384. The van der Waals surface area contributed by atoms with E-state index in [1.165, 1.54) is 6.92 Å². The van der Waals surface area contributed by atoms with Gasteiger partial charge >= 0.3 is 6.18 Å². The summed E-state index contributed by atoms with van der Waals surface area (Å²) in [6.45, 7) is 1.45. The van der Waals surface area contributed by atoms with Crippen LogP contribution in [0.4, 0.5) is 24.5 Å². The molecular formula is C10H11F3N2O3. The maximum Gasteiger partial charge on any atom is 0.416 e. The number of alkyl halides is 3. The number of nitrogens with one attached hydrogen (secondary N) is 1.